The van der Waals surface area contributed by atoms with Crippen LogP contribution in [0.15, 0.2) is 77.9 Å². The fourth-order valence-corrected chi connectivity index (χ4v) is 4.40. The summed E-state index contributed by atoms with van der Waals surface area (Å²) < 4.78 is 19.1. The van der Waals surface area contributed by atoms with Crippen LogP contribution in [0.4, 0.5) is 5.69 Å². The average molecular weight is 499 g/mol. The molecule has 0 fully saturated rings. The first-order valence-electron chi connectivity index (χ1n) is 11.6. The van der Waals surface area contributed by atoms with Gasteiger partial charge >= 0.3 is 0 Å². The van der Waals surface area contributed by atoms with E-state index >= 15 is 0 Å². The van der Waals surface area contributed by atoms with Gasteiger partial charge in [0.15, 0.2) is 0 Å². The van der Waals surface area contributed by atoms with Crippen LogP contribution in [-0.4, -0.2) is 41.4 Å². The molecule has 0 aliphatic rings. The third-order valence-corrected chi connectivity index (χ3v) is 6.23. The standard InChI is InChI=1S/C28H26N4O5/c1-35-19-10-8-18(9-11-19)15-31-17-29-26-21-6-4-5-7-23(21)32(27(26)28(31)34)16-25(33)30-22-14-20(36-2)12-13-24(22)37-3/h4-14,17H,15-16H2,1-3H3,(H,30,33). The van der Waals surface area contributed by atoms with Crippen molar-refractivity contribution < 1.29 is 19.0 Å². The number of amides is 1. The number of hydrogen-bond donors (Lipinski definition) is 1. The lowest BCUT2D eigenvalue weighted by Crippen LogP contribution is -2.25. The molecule has 2 heterocycles. The van der Waals surface area contributed by atoms with Gasteiger partial charge in [0.05, 0.1) is 45.4 Å². The molecule has 5 aromatic rings. The molecule has 0 atom stereocenters. The molecule has 9 heteroatoms. The zero-order valence-corrected chi connectivity index (χ0v) is 20.7. The number of fused-ring (bicyclic) bond motifs is 3. The smallest absolute Gasteiger partial charge is 0.278 e. The number of carbonyl (C=O) groups is 1. The van der Waals surface area contributed by atoms with Crippen LogP contribution in [0.3, 0.4) is 0 Å². The van der Waals surface area contributed by atoms with E-state index in [0.29, 0.717) is 34.8 Å². The lowest BCUT2D eigenvalue weighted by molar-refractivity contribution is -0.116. The second-order valence-corrected chi connectivity index (χ2v) is 8.44. The van der Waals surface area contributed by atoms with Crippen LogP contribution in [0.2, 0.25) is 0 Å². The van der Waals surface area contributed by atoms with Gasteiger partial charge in [-0.25, -0.2) is 4.98 Å². The van der Waals surface area contributed by atoms with E-state index in [1.54, 1.807) is 47.9 Å². The molecule has 0 aliphatic carbocycles. The maximum atomic E-state index is 13.7. The molecule has 9 nitrogen and oxygen atoms in total. The van der Waals surface area contributed by atoms with E-state index in [4.69, 9.17) is 14.2 Å². The maximum Gasteiger partial charge on any atom is 0.278 e. The molecule has 1 amide bonds. The highest BCUT2D eigenvalue weighted by molar-refractivity contribution is 6.06. The number of nitrogens with zero attached hydrogens (tertiary/aromatic N) is 3. The molecule has 0 saturated heterocycles. The van der Waals surface area contributed by atoms with Gasteiger partial charge in [-0.3, -0.25) is 14.2 Å². The van der Waals surface area contributed by atoms with Gasteiger partial charge in [-0.15, -0.1) is 0 Å². The van der Waals surface area contributed by atoms with Crippen molar-refractivity contribution in [2.24, 2.45) is 0 Å². The summed E-state index contributed by atoms with van der Waals surface area (Å²) in [4.78, 5) is 31.5. The van der Waals surface area contributed by atoms with Gasteiger partial charge in [0.2, 0.25) is 5.91 Å². The van der Waals surface area contributed by atoms with E-state index in [-0.39, 0.29) is 18.0 Å². The second kappa shape index (κ2) is 10.1. The summed E-state index contributed by atoms with van der Waals surface area (Å²) in [5.41, 5.74) is 2.83. The third-order valence-electron chi connectivity index (χ3n) is 6.23. The number of para-hydroxylation sites is 1. The summed E-state index contributed by atoms with van der Waals surface area (Å²) in [6, 6.07) is 20.2. The van der Waals surface area contributed by atoms with Crippen molar-refractivity contribution in [3.8, 4) is 17.2 Å². The van der Waals surface area contributed by atoms with Gasteiger partial charge in [-0.1, -0.05) is 30.3 Å². The quantitative estimate of drug-likeness (QED) is 0.347. The lowest BCUT2D eigenvalue weighted by atomic mass is 10.2. The van der Waals surface area contributed by atoms with Crippen LogP contribution in [-0.2, 0) is 17.9 Å². The first kappa shape index (κ1) is 23.9. The predicted molar refractivity (Wildman–Crippen MR) is 142 cm³/mol. The normalized spacial score (nSPS) is 11.0. The first-order chi connectivity index (χ1) is 18.0. The summed E-state index contributed by atoms with van der Waals surface area (Å²) >= 11 is 0. The predicted octanol–water partition coefficient (Wildman–Crippen LogP) is 4.06. The average Bonchev–Trinajstić information content (AvgIpc) is 3.24. The van der Waals surface area contributed by atoms with Gasteiger partial charge in [0.1, 0.15) is 34.8 Å². The summed E-state index contributed by atoms with van der Waals surface area (Å²) in [6.45, 7) is 0.244. The zero-order valence-electron chi connectivity index (χ0n) is 20.7. The summed E-state index contributed by atoms with van der Waals surface area (Å²) in [6.07, 6.45) is 1.55. The highest BCUT2D eigenvalue weighted by Gasteiger charge is 2.19. The number of hydrogen-bond acceptors (Lipinski definition) is 6. The molecule has 2 aromatic heterocycles. The Balaban J connectivity index is 1.54. The second-order valence-electron chi connectivity index (χ2n) is 8.44. The van der Waals surface area contributed by atoms with Crippen LogP contribution < -0.4 is 25.1 Å². The minimum absolute atomic E-state index is 0.0894. The number of nitrogens with one attached hydrogen (secondary N) is 1. The van der Waals surface area contributed by atoms with Crippen molar-refractivity contribution >= 4 is 33.5 Å². The Hall–Kier alpha value is -4.79. The monoisotopic (exact) mass is 498 g/mol. The molecule has 0 aliphatic heterocycles. The van der Waals surface area contributed by atoms with Gasteiger partial charge in [-0.05, 0) is 35.9 Å². The molecular weight excluding hydrogens is 472 g/mol. The van der Waals surface area contributed by atoms with Gasteiger partial charge < -0.3 is 24.1 Å². The number of methoxy groups -OCH3 is 3. The number of ether oxygens (including phenoxy) is 3. The van der Waals surface area contributed by atoms with Crippen LogP contribution in [0.1, 0.15) is 5.56 Å². The van der Waals surface area contributed by atoms with Crippen molar-refractivity contribution in [3.63, 3.8) is 0 Å². The molecular formula is C28H26N4O5. The first-order valence-corrected chi connectivity index (χ1v) is 11.6. The molecule has 0 radical (unpaired) electrons. The zero-order chi connectivity index (χ0) is 25.9. The molecule has 0 bridgehead atoms. The number of carbonyl (C=O) groups excluding carboxylic acids is 1. The fourth-order valence-electron chi connectivity index (χ4n) is 4.40. The molecule has 188 valence electrons. The molecule has 5 rings (SSSR count). The van der Waals surface area contributed by atoms with Gasteiger partial charge in [0.25, 0.3) is 5.56 Å². The van der Waals surface area contributed by atoms with Crippen molar-refractivity contribution in [3.05, 3.63) is 89.0 Å². The Morgan fingerprint density at radius 1 is 0.919 bits per heavy atom. The van der Waals surface area contributed by atoms with Crippen LogP contribution in [0.25, 0.3) is 21.9 Å². The minimum atomic E-state index is -0.320. The number of anilines is 1. The summed E-state index contributed by atoms with van der Waals surface area (Å²) in [7, 11) is 4.69. The maximum absolute atomic E-state index is 13.7. The van der Waals surface area contributed by atoms with E-state index in [2.05, 4.69) is 10.3 Å². The summed E-state index contributed by atoms with van der Waals surface area (Å²) in [5.74, 6) is 1.50. The largest absolute Gasteiger partial charge is 0.497 e. The molecule has 0 unspecified atom stereocenters. The van der Waals surface area contributed by atoms with E-state index in [0.717, 1.165) is 22.2 Å². The highest BCUT2D eigenvalue weighted by atomic mass is 16.5. The number of aromatic nitrogens is 3. The highest BCUT2D eigenvalue weighted by Crippen LogP contribution is 2.30. The van der Waals surface area contributed by atoms with Crippen LogP contribution >= 0.6 is 0 Å². The molecule has 0 spiro atoms. The molecule has 3 aromatic carbocycles. The number of rotatable bonds is 8. The third kappa shape index (κ3) is 4.58. The van der Waals surface area contributed by atoms with E-state index < -0.39 is 0 Å². The Bertz CT molecular complexity index is 1650. The van der Waals surface area contributed by atoms with E-state index in [1.807, 2.05) is 48.5 Å². The van der Waals surface area contributed by atoms with Gasteiger partial charge in [0, 0.05) is 11.5 Å². The summed E-state index contributed by atoms with van der Waals surface area (Å²) in [5, 5.41) is 3.69. The van der Waals surface area contributed by atoms with E-state index in [9.17, 15) is 9.59 Å². The van der Waals surface area contributed by atoms with Gasteiger partial charge in [-0.2, -0.15) is 0 Å². The topological polar surface area (TPSA) is 96.6 Å². The Morgan fingerprint density at radius 3 is 2.38 bits per heavy atom. The molecule has 0 saturated carbocycles. The van der Waals surface area contributed by atoms with Crippen LogP contribution in [0.5, 0.6) is 17.2 Å². The fraction of sp³-hybridized carbons (Fsp3) is 0.179. The molecule has 1 N–H and O–H groups in total. The molecule has 37 heavy (non-hydrogen) atoms. The van der Waals surface area contributed by atoms with Crippen molar-refractivity contribution in [2.45, 2.75) is 13.1 Å². The lowest BCUT2D eigenvalue weighted by Gasteiger charge is -2.13. The Labute approximate surface area is 212 Å². The van der Waals surface area contributed by atoms with E-state index in [1.165, 1.54) is 7.11 Å². The van der Waals surface area contributed by atoms with Crippen molar-refractivity contribution in [1.82, 2.24) is 14.1 Å². The Kier molecular flexibility index (Phi) is 6.51. The van der Waals surface area contributed by atoms with Crippen LogP contribution in [0, 0.1) is 0 Å². The minimum Gasteiger partial charge on any atom is -0.497 e. The Morgan fingerprint density at radius 2 is 1.65 bits per heavy atom. The number of benzene rings is 3. The SMILES string of the molecule is COc1ccc(Cn2cnc3c4ccccc4n(CC(=O)Nc4cc(OC)ccc4OC)c3c2=O)cc1. The van der Waals surface area contributed by atoms with Crippen molar-refractivity contribution in [2.75, 3.05) is 26.6 Å². The van der Waals surface area contributed by atoms with Crippen molar-refractivity contribution in [1.29, 1.82) is 0 Å².